The summed E-state index contributed by atoms with van der Waals surface area (Å²) in [7, 11) is 0. The molecule has 1 aliphatic heterocycles. The molecule has 0 spiro atoms. The number of hydrogen-bond donors (Lipinski definition) is 1. The molecule has 6 nitrogen and oxygen atoms in total. The summed E-state index contributed by atoms with van der Waals surface area (Å²) >= 11 is 0. The number of nitrogens with one attached hydrogen (secondary N) is 1. The van der Waals surface area contributed by atoms with Crippen molar-refractivity contribution in [3.63, 3.8) is 0 Å². The number of nitrogens with zero attached hydrogens (tertiary/aromatic N) is 4. The minimum absolute atomic E-state index is 0.867. The largest absolute Gasteiger partial charge is 0.364 e. The molecule has 1 fully saturated rings. The third kappa shape index (κ3) is 4.84. The molecule has 0 amide bonds. The molecule has 1 aromatic heterocycles. The van der Waals surface area contributed by atoms with Crippen molar-refractivity contribution in [3.8, 4) is 0 Å². The number of piperazine rings is 1. The fourth-order valence-electron chi connectivity index (χ4n) is 3.36. The third-order valence-electron chi connectivity index (χ3n) is 4.71. The minimum atomic E-state index is 0.867. The van der Waals surface area contributed by atoms with Crippen molar-refractivity contribution in [2.75, 3.05) is 39.3 Å². The lowest BCUT2D eigenvalue weighted by Gasteiger charge is -2.36. The fourth-order valence-corrected chi connectivity index (χ4v) is 3.36. The van der Waals surface area contributed by atoms with Crippen LogP contribution in [0.1, 0.15) is 38.3 Å². The number of aliphatic imine (C=N–C) groups is 1. The average Bonchev–Trinajstić information content (AvgIpc) is 3.29. The van der Waals surface area contributed by atoms with Crippen LogP contribution in [0, 0.1) is 0 Å². The molecule has 0 aromatic carbocycles. The molecule has 1 N–H and O–H groups in total. The second kappa shape index (κ2) is 8.87. The monoisotopic (exact) mass is 331 g/mol. The number of guanidine groups is 1. The molecule has 0 radical (unpaired) electrons. The van der Waals surface area contributed by atoms with E-state index in [9.17, 15) is 0 Å². The number of rotatable bonds is 6. The Morgan fingerprint density at radius 3 is 2.88 bits per heavy atom. The van der Waals surface area contributed by atoms with E-state index in [2.05, 4.69) is 33.3 Å². The Labute approximate surface area is 144 Å². The van der Waals surface area contributed by atoms with Gasteiger partial charge in [0.2, 0.25) is 0 Å². The first-order chi connectivity index (χ1) is 11.8. The van der Waals surface area contributed by atoms with Crippen LogP contribution in [0.5, 0.6) is 0 Å². The van der Waals surface area contributed by atoms with Crippen molar-refractivity contribution in [1.82, 2.24) is 20.3 Å². The number of aromatic nitrogens is 1. The van der Waals surface area contributed by atoms with E-state index < -0.39 is 0 Å². The highest BCUT2D eigenvalue weighted by Gasteiger charge is 2.20. The highest BCUT2D eigenvalue weighted by atomic mass is 16.5. The summed E-state index contributed by atoms with van der Waals surface area (Å²) < 4.78 is 4.91. The van der Waals surface area contributed by atoms with Gasteiger partial charge in [-0.05, 0) is 32.6 Å². The Bertz CT molecular complexity index is 544. The fraction of sp³-hybridized carbons (Fsp3) is 0.667. The van der Waals surface area contributed by atoms with Crippen LogP contribution in [0.25, 0.3) is 0 Å². The molecule has 1 aromatic rings. The molecule has 2 aliphatic rings. The van der Waals surface area contributed by atoms with Gasteiger partial charge in [-0.2, -0.15) is 0 Å². The van der Waals surface area contributed by atoms with Crippen LogP contribution in [0.2, 0.25) is 0 Å². The van der Waals surface area contributed by atoms with Gasteiger partial charge in [-0.1, -0.05) is 16.8 Å². The Hall–Kier alpha value is -1.82. The lowest BCUT2D eigenvalue weighted by atomic mass is 10.2. The first kappa shape index (κ1) is 17.0. The maximum Gasteiger partial charge on any atom is 0.194 e. The lowest BCUT2D eigenvalue weighted by Crippen LogP contribution is -2.52. The zero-order valence-electron chi connectivity index (χ0n) is 14.7. The van der Waals surface area contributed by atoms with E-state index >= 15 is 0 Å². The van der Waals surface area contributed by atoms with Crippen molar-refractivity contribution >= 4 is 5.96 Å². The summed E-state index contributed by atoms with van der Waals surface area (Å²) in [5.74, 6) is 1.07. The third-order valence-corrected chi connectivity index (χ3v) is 4.71. The quantitative estimate of drug-likeness (QED) is 0.492. The smallest absolute Gasteiger partial charge is 0.194 e. The summed E-state index contributed by atoms with van der Waals surface area (Å²) in [6.07, 6.45) is 9.00. The van der Waals surface area contributed by atoms with Gasteiger partial charge in [0.05, 0.1) is 5.69 Å². The Balaban J connectivity index is 1.47. The van der Waals surface area contributed by atoms with Crippen LogP contribution in [0.15, 0.2) is 33.5 Å². The average molecular weight is 331 g/mol. The first-order valence-electron chi connectivity index (χ1n) is 9.18. The van der Waals surface area contributed by atoms with E-state index in [1.165, 1.54) is 19.3 Å². The Morgan fingerprint density at radius 1 is 1.33 bits per heavy atom. The van der Waals surface area contributed by atoms with Gasteiger partial charge in [-0.25, -0.2) is 0 Å². The standard InChI is InChI=1S/C18H29N5O/c1-2-19-18(20-9-7-16-5-3-4-6-16)23-12-10-22(11-13-23)15-17-8-14-24-21-17/h5,8,14H,2-4,6-7,9-13,15H2,1H3,(H,19,20). The number of allylic oxidation sites excluding steroid dienone is 1. The van der Waals surface area contributed by atoms with Crippen LogP contribution < -0.4 is 5.32 Å². The molecule has 2 heterocycles. The molecule has 0 saturated carbocycles. The molecule has 6 heteroatoms. The Kier molecular flexibility index (Phi) is 6.29. The summed E-state index contributed by atoms with van der Waals surface area (Å²) in [5, 5.41) is 7.45. The van der Waals surface area contributed by atoms with E-state index in [0.717, 1.165) is 63.9 Å². The second-order valence-electron chi connectivity index (χ2n) is 6.49. The number of hydrogen-bond acceptors (Lipinski definition) is 4. The minimum Gasteiger partial charge on any atom is -0.364 e. The van der Waals surface area contributed by atoms with Crippen LogP contribution in [0.3, 0.4) is 0 Å². The normalized spacial score (nSPS) is 19.6. The molecule has 1 saturated heterocycles. The molecule has 24 heavy (non-hydrogen) atoms. The van der Waals surface area contributed by atoms with Gasteiger partial charge in [0, 0.05) is 51.9 Å². The van der Waals surface area contributed by atoms with Crippen LogP contribution in [-0.4, -0.2) is 60.2 Å². The van der Waals surface area contributed by atoms with Crippen LogP contribution in [-0.2, 0) is 6.54 Å². The maximum absolute atomic E-state index is 4.91. The molecule has 132 valence electrons. The SMILES string of the molecule is CCNC(=NCCC1=CCCC1)N1CCN(Cc2ccon2)CC1. The summed E-state index contributed by atoms with van der Waals surface area (Å²) in [6, 6.07) is 1.94. The molecule has 3 rings (SSSR count). The Morgan fingerprint density at radius 2 is 2.21 bits per heavy atom. The van der Waals surface area contributed by atoms with Gasteiger partial charge in [0.1, 0.15) is 6.26 Å². The highest BCUT2D eigenvalue weighted by Crippen LogP contribution is 2.20. The predicted octanol–water partition coefficient (Wildman–Crippen LogP) is 2.26. The van der Waals surface area contributed by atoms with Gasteiger partial charge >= 0.3 is 0 Å². The zero-order valence-corrected chi connectivity index (χ0v) is 14.7. The van der Waals surface area contributed by atoms with Crippen molar-refractivity contribution in [2.45, 2.75) is 39.2 Å². The highest BCUT2D eigenvalue weighted by molar-refractivity contribution is 5.80. The van der Waals surface area contributed by atoms with E-state index in [4.69, 9.17) is 9.52 Å². The molecular formula is C18H29N5O. The van der Waals surface area contributed by atoms with E-state index in [1.54, 1.807) is 11.8 Å². The summed E-state index contributed by atoms with van der Waals surface area (Å²) in [4.78, 5) is 9.64. The predicted molar refractivity (Wildman–Crippen MR) is 95.9 cm³/mol. The molecule has 0 atom stereocenters. The summed E-state index contributed by atoms with van der Waals surface area (Å²) in [5.41, 5.74) is 2.60. The van der Waals surface area contributed by atoms with Crippen molar-refractivity contribution in [3.05, 3.63) is 29.7 Å². The molecule has 0 unspecified atom stereocenters. The van der Waals surface area contributed by atoms with Gasteiger partial charge in [0.25, 0.3) is 0 Å². The van der Waals surface area contributed by atoms with Gasteiger partial charge < -0.3 is 14.7 Å². The molecule has 0 bridgehead atoms. The van der Waals surface area contributed by atoms with Crippen LogP contribution in [0.4, 0.5) is 0 Å². The van der Waals surface area contributed by atoms with Gasteiger partial charge in [0.15, 0.2) is 5.96 Å². The van der Waals surface area contributed by atoms with Crippen LogP contribution >= 0.6 is 0 Å². The van der Waals surface area contributed by atoms with Crippen molar-refractivity contribution in [2.24, 2.45) is 4.99 Å². The first-order valence-corrected chi connectivity index (χ1v) is 9.18. The van der Waals surface area contributed by atoms with Gasteiger partial charge in [-0.3, -0.25) is 9.89 Å². The van der Waals surface area contributed by atoms with E-state index in [-0.39, 0.29) is 0 Å². The summed E-state index contributed by atoms with van der Waals surface area (Å²) in [6.45, 7) is 8.89. The molecule has 1 aliphatic carbocycles. The lowest BCUT2D eigenvalue weighted by molar-refractivity contribution is 0.169. The molecular weight excluding hydrogens is 302 g/mol. The van der Waals surface area contributed by atoms with E-state index in [0.29, 0.717) is 0 Å². The van der Waals surface area contributed by atoms with E-state index in [1.807, 2.05) is 6.07 Å². The second-order valence-corrected chi connectivity index (χ2v) is 6.49. The van der Waals surface area contributed by atoms with Gasteiger partial charge in [-0.15, -0.1) is 0 Å². The topological polar surface area (TPSA) is 56.9 Å². The van der Waals surface area contributed by atoms with Crippen molar-refractivity contribution < 1.29 is 4.52 Å². The maximum atomic E-state index is 4.91. The van der Waals surface area contributed by atoms with Crippen molar-refractivity contribution in [1.29, 1.82) is 0 Å². The zero-order chi connectivity index (χ0) is 16.6.